The Kier molecular flexibility index (Phi) is 3.91. The van der Waals surface area contributed by atoms with Crippen LogP contribution in [-0.4, -0.2) is 11.9 Å². The van der Waals surface area contributed by atoms with E-state index in [1.165, 1.54) is 6.42 Å². The predicted molar refractivity (Wildman–Crippen MR) is 88.2 cm³/mol. The average molecular weight is 289 g/mol. The molecule has 0 aliphatic heterocycles. The van der Waals surface area contributed by atoms with E-state index in [9.17, 15) is 4.79 Å². The van der Waals surface area contributed by atoms with Crippen molar-refractivity contribution in [2.24, 2.45) is 16.6 Å². The van der Waals surface area contributed by atoms with E-state index < -0.39 is 5.91 Å². The van der Waals surface area contributed by atoms with E-state index >= 15 is 0 Å². The molecule has 0 radical (unpaired) electrons. The molecule has 1 aromatic rings. The normalized spacial score (nSPS) is 21.0. The van der Waals surface area contributed by atoms with Crippen LogP contribution in [0.2, 0.25) is 0 Å². The number of hydrogen-bond acceptors (Lipinski definition) is 3. The summed E-state index contributed by atoms with van der Waals surface area (Å²) in [6.45, 7) is 9.25. The number of nitrogen functional groups attached to an aromatic ring is 1. The number of carbonyl (C=O) groups is 1. The number of para-hydroxylation sites is 1. The Bertz CT molecular complexity index is 533. The van der Waals surface area contributed by atoms with E-state index in [1.54, 1.807) is 6.07 Å². The van der Waals surface area contributed by atoms with Gasteiger partial charge in [-0.1, -0.05) is 33.8 Å². The number of carbonyl (C=O) groups excluding carboxylic acids is 1. The van der Waals surface area contributed by atoms with Gasteiger partial charge in [0.1, 0.15) is 0 Å². The molecular weight excluding hydrogens is 262 g/mol. The molecule has 1 aromatic carbocycles. The van der Waals surface area contributed by atoms with Gasteiger partial charge >= 0.3 is 0 Å². The van der Waals surface area contributed by atoms with Gasteiger partial charge in [-0.15, -0.1) is 0 Å². The number of benzene rings is 1. The van der Waals surface area contributed by atoms with Gasteiger partial charge in [-0.25, -0.2) is 0 Å². The first-order chi connectivity index (χ1) is 9.60. The van der Waals surface area contributed by atoms with Crippen LogP contribution in [0.4, 0.5) is 11.4 Å². The average Bonchev–Trinajstić information content (AvgIpc) is 2.27. The number of hydrogen-bond donors (Lipinski definition) is 3. The van der Waals surface area contributed by atoms with Crippen LogP contribution < -0.4 is 16.8 Å². The van der Waals surface area contributed by atoms with Crippen molar-refractivity contribution in [3.8, 4) is 0 Å². The lowest BCUT2D eigenvalue weighted by molar-refractivity contribution is 0.0999. The molecule has 116 valence electrons. The molecule has 21 heavy (non-hydrogen) atoms. The van der Waals surface area contributed by atoms with Crippen LogP contribution in [-0.2, 0) is 0 Å². The van der Waals surface area contributed by atoms with E-state index in [0.29, 0.717) is 28.1 Å². The first-order valence-corrected chi connectivity index (χ1v) is 7.54. The minimum atomic E-state index is -0.486. The Balaban J connectivity index is 2.22. The van der Waals surface area contributed by atoms with Crippen LogP contribution in [0, 0.1) is 10.8 Å². The lowest BCUT2D eigenvalue weighted by atomic mass is 9.63. The van der Waals surface area contributed by atoms with E-state index in [4.69, 9.17) is 11.5 Å². The maximum Gasteiger partial charge on any atom is 0.250 e. The molecular formula is C17H27N3O. The standard InChI is InChI=1S/C17H27N3O/c1-16(2)8-11(9-17(3,4)10-16)20-13-7-5-6-12(14(13)18)15(19)21/h5-7,11,20H,8-10,18H2,1-4H3,(H2,19,21). The summed E-state index contributed by atoms with van der Waals surface area (Å²) in [6.07, 6.45) is 3.41. The maximum atomic E-state index is 11.4. The molecule has 4 nitrogen and oxygen atoms in total. The molecule has 4 heteroatoms. The van der Waals surface area contributed by atoms with Crippen molar-refractivity contribution in [3.63, 3.8) is 0 Å². The van der Waals surface area contributed by atoms with Gasteiger partial charge in [0.25, 0.3) is 5.91 Å². The zero-order valence-corrected chi connectivity index (χ0v) is 13.5. The van der Waals surface area contributed by atoms with Crippen LogP contribution in [0.1, 0.15) is 57.3 Å². The van der Waals surface area contributed by atoms with Crippen molar-refractivity contribution in [2.45, 2.75) is 53.0 Å². The molecule has 1 aliphatic carbocycles. The van der Waals surface area contributed by atoms with Gasteiger partial charge in [-0.05, 0) is 42.2 Å². The number of amides is 1. The number of nitrogens with one attached hydrogen (secondary N) is 1. The van der Waals surface area contributed by atoms with Crippen LogP contribution >= 0.6 is 0 Å². The molecule has 1 saturated carbocycles. The summed E-state index contributed by atoms with van der Waals surface area (Å²) in [7, 11) is 0. The van der Waals surface area contributed by atoms with Gasteiger partial charge in [-0.2, -0.15) is 0 Å². The fourth-order valence-corrected chi connectivity index (χ4v) is 4.07. The van der Waals surface area contributed by atoms with Crippen LogP contribution in [0.3, 0.4) is 0 Å². The van der Waals surface area contributed by atoms with Crippen molar-refractivity contribution in [3.05, 3.63) is 23.8 Å². The summed E-state index contributed by atoms with van der Waals surface area (Å²) in [5, 5.41) is 3.52. The highest BCUT2D eigenvalue weighted by atomic mass is 16.1. The highest BCUT2D eigenvalue weighted by Gasteiger charge is 2.38. The second kappa shape index (κ2) is 5.24. The summed E-state index contributed by atoms with van der Waals surface area (Å²) in [5.74, 6) is -0.486. The lowest BCUT2D eigenvalue weighted by Gasteiger charge is -2.45. The number of anilines is 2. The number of rotatable bonds is 3. The monoisotopic (exact) mass is 289 g/mol. The molecule has 0 spiro atoms. The van der Waals surface area contributed by atoms with E-state index in [-0.39, 0.29) is 0 Å². The zero-order valence-electron chi connectivity index (χ0n) is 13.5. The number of nitrogens with two attached hydrogens (primary N) is 2. The van der Waals surface area contributed by atoms with Crippen molar-refractivity contribution < 1.29 is 4.79 Å². The Labute approximate surface area is 127 Å². The third-order valence-corrected chi connectivity index (χ3v) is 4.29. The molecule has 5 N–H and O–H groups in total. The van der Waals surface area contributed by atoms with Crippen molar-refractivity contribution in [1.82, 2.24) is 0 Å². The summed E-state index contributed by atoms with van der Waals surface area (Å²) >= 11 is 0. The second-order valence-electron chi connectivity index (χ2n) is 7.89. The smallest absolute Gasteiger partial charge is 0.250 e. The molecule has 0 heterocycles. The Hall–Kier alpha value is -1.71. The molecule has 0 aromatic heterocycles. The minimum absolute atomic E-state index is 0.301. The highest BCUT2D eigenvalue weighted by molar-refractivity contribution is 6.00. The quantitative estimate of drug-likeness (QED) is 0.746. The van der Waals surface area contributed by atoms with E-state index in [1.807, 2.05) is 12.1 Å². The van der Waals surface area contributed by atoms with Gasteiger partial charge in [0.05, 0.1) is 16.9 Å². The largest absolute Gasteiger partial charge is 0.396 e. The van der Waals surface area contributed by atoms with Crippen LogP contribution in [0.5, 0.6) is 0 Å². The molecule has 1 amide bonds. The Morgan fingerprint density at radius 1 is 1.19 bits per heavy atom. The van der Waals surface area contributed by atoms with Gasteiger partial charge < -0.3 is 16.8 Å². The van der Waals surface area contributed by atoms with Gasteiger partial charge in [0.15, 0.2) is 0 Å². The Morgan fingerprint density at radius 2 is 1.76 bits per heavy atom. The van der Waals surface area contributed by atoms with Gasteiger partial charge in [0.2, 0.25) is 0 Å². The first kappa shape index (κ1) is 15.7. The Morgan fingerprint density at radius 3 is 2.29 bits per heavy atom. The van der Waals surface area contributed by atoms with Crippen LogP contribution in [0.15, 0.2) is 18.2 Å². The second-order valence-corrected chi connectivity index (χ2v) is 7.89. The summed E-state index contributed by atoms with van der Waals surface area (Å²) in [4.78, 5) is 11.4. The molecule has 2 rings (SSSR count). The topological polar surface area (TPSA) is 81.1 Å². The predicted octanol–water partition coefficient (Wildman–Crippen LogP) is 3.38. The molecule has 1 fully saturated rings. The molecule has 0 bridgehead atoms. The third kappa shape index (κ3) is 3.69. The fourth-order valence-electron chi connectivity index (χ4n) is 4.07. The lowest BCUT2D eigenvalue weighted by Crippen LogP contribution is -2.40. The fraction of sp³-hybridized carbons (Fsp3) is 0.588. The minimum Gasteiger partial charge on any atom is -0.396 e. The molecule has 0 atom stereocenters. The highest BCUT2D eigenvalue weighted by Crippen LogP contribution is 2.46. The first-order valence-electron chi connectivity index (χ1n) is 7.54. The zero-order chi connectivity index (χ0) is 15.8. The molecule has 0 unspecified atom stereocenters. The maximum absolute atomic E-state index is 11.4. The van der Waals surface area contributed by atoms with Crippen molar-refractivity contribution >= 4 is 17.3 Å². The SMILES string of the molecule is CC1(C)CC(Nc2cccc(C(N)=O)c2N)CC(C)(C)C1. The summed E-state index contributed by atoms with van der Waals surface area (Å²) in [6, 6.07) is 5.75. The van der Waals surface area contributed by atoms with Crippen molar-refractivity contribution in [2.75, 3.05) is 11.1 Å². The van der Waals surface area contributed by atoms with Gasteiger partial charge in [-0.3, -0.25) is 4.79 Å². The summed E-state index contributed by atoms with van der Waals surface area (Å²) in [5.41, 5.74) is 13.7. The van der Waals surface area contributed by atoms with E-state index in [2.05, 4.69) is 33.0 Å². The van der Waals surface area contributed by atoms with Gasteiger partial charge in [0, 0.05) is 6.04 Å². The van der Waals surface area contributed by atoms with Crippen molar-refractivity contribution in [1.29, 1.82) is 0 Å². The third-order valence-electron chi connectivity index (χ3n) is 4.29. The molecule has 0 saturated heterocycles. The van der Waals surface area contributed by atoms with E-state index in [0.717, 1.165) is 18.5 Å². The van der Waals surface area contributed by atoms with Crippen LogP contribution in [0.25, 0.3) is 0 Å². The number of primary amides is 1. The molecule has 1 aliphatic rings. The summed E-state index contributed by atoms with van der Waals surface area (Å²) < 4.78 is 0.